The molecule has 2 unspecified atom stereocenters. The van der Waals surface area contributed by atoms with Gasteiger partial charge in [-0.15, -0.1) is 0 Å². The topological polar surface area (TPSA) is 66.4 Å². The van der Waals surface area contributed by atoms with E-state index < -0.39 is 11.8 Å². The number of carbonyl (C=O) groups is 2. The number of carbonyl (C=O) groups excluding carboxylic acids is 1. The van der Waals surface area contributed by atoms with Gasteiger partial charge < -0.3 is 10.4 Å². The standard InChI is InChI=1S/C15H18FNO3/c1-9-5-11(7-12(16)6-9)14(18)17-8-10-3-2-4-13(10)15(19)20/h5-7,10,13H,2-4,8H2,1H3,(H,17,18)(H,19,20). The molecule has 1 fully saturated rings. The highest BCUT2D eigenvalue weighted by molar-refractivity contribution is 5.94. The van der Waals surface area contributed by atoms with Gasteiger partial charge in [-0.2, -0.15) is 0 Å². The molecule has 0 spiro atoms. The minimum absolute atomic E-state index is 0.0360. The van der Waals surface area contributed by atoms with Crippen LogP contribution in [-0.2, 0) is 4.79 Å². The smallest absolute Gasteiger partial charge is 0.306 e. The Kier molecular flexibility index (Phi) is 4.37. The summed E-state index contributed by atoms with van der Waals surface area (Å²) < 4.78 is 13.2. The molecular formula is C15H18FNO3. The first-order valence-electron chi connectivity index (χ1n) is 6.75. The monoisotopic (exact) mass is 279 g/mol. The van der Waals surface area contributed by atoms with Crippen molar-refractivity contribution in [2.75, 3.05) is 6.54 Å². The predicted octanol–water partition coefficient (Wildman–Crippen LogP) is 2.36. The fourth-order valence-corrected chi connectivity index (χ4v) is 2.80. The molecule has 4 nitrogen and oxygen atoms in total. The molecule has 0 aromatic heterocycles. The minimum atomic E-state index is -0.802. The summed E-state index contributed by atoms with van der Waals surface area (Å²) in [6.07, 6.45) is 2.34. The van der Waals surface area contributed by atoms with Crippen LogP contribution in [0, 0.1) is 24.6 Å². The molecule has 1 aliphatic rings. The van der Waals surface area contributed by atoms with Crippen molar-refractivity contribution in [3.8, 4) is 0 Å². The second kappa shape index (κ2) is 6.03. The Morgan fingerprint density at radius 3 is 2.75 bits per heavy atom. The SMILES string of the molecule is Cc1cc(F)cc(C(=O)NCC2CCCC2C(=O)O)c1. The molecular weight excluding hydrogens is 261 g/mol. The van der Waals surface area contributed by atoms with Gasteiger partial charge in [0.15, 0.2) is 0 Å². The van der Waals surface area contributed by atoms with E-state index in [4.69, 9.17) is 5.11 Å². The van der Waals surface area contributed by atoms with E-state index in [2.05, 4.69) is 5.32 Å². The summed E-state index contributed by atoms with van der Waals surface area (Å²) in [5, 5.41) is 11.8. The highest BCUT2D eigenvalue weighted by Gasteiger charge is 2.32. The quantitative estimate of drug-likeness (QED) is 0.889. The number of hydrogen-bond donors (Lipinski definition) is 2. The Hall–Kier alpha value is -1.91. The molecule has 0 aliphatic heterocycles. The summed E-state index contributed by atoms with van der Waals surface area (Å²) in [6, 6.07) is 4.15. The van der Waals surface area contributed by atoms with Gasteiger partial charge in [0.05, 0.1) is 5.92 Å². The molecule has 2 atom stereocenters. The summed E-state index contributed by atoms with van der Waals surface area (Å²) >= 11 is 0. The Labute approximate surface area is 117 Å². The summed E-state index contributed by atoms with van der Waals surface area (Å²) in [7, 11) is 0. The van der Waals surface area contributed by atoms with Crippen molar-refractivity contribution >= 4 is 11.9 Å². The molecule has 0 heterocycles. The fourth-order valence-electron chi connectivity index (χ4n) is 2.80. The second-order valence-corrected chi connectivity index (χ2v) is 5.36. The van der Waals surface area contributed by atoms with Crippen molar-refractivity contribution in [3.63, 3.8) is 0 Å². The average molecular weight is 279 g/mol. The van der Waals surface area contributed by atoms with Crippen LogP contribution >= 0.6 is 0 Å². The van der Waals surface area contributed by atoms with Crippen LogP contribution in [0.15, 0.2) is 18.2 Å². The maximum absolute atomic E-state index is 13.2. The van der Waals surface area contributed by atoms with Gasteiger partial charge in [-0.05, 0) is 49.4 Å². The number of rotatable bonds is 4. The van der Waals surface area contributed by atoms with Crippen LogP contribution in [0.2, 0.25) is 0 Å². The maximum atomic E-state index is 13.2. The summed E-state index contributed by atoms with van der Waals surface area (Å²) in [4.78, 5) is 23.0. The maximum Gasteiger partial charge on any atom is 0.306 e. The van der Waals surface area contributed by atoms with Gasteiger partial charge in [-0.25, -0.2) is 4.39 Å². The van der Waals surface area contributed by atoms with Crippen LogP contribution in [0.1, 0.15) is 35.2 Å². The second-order valence-electron chi connectivity index (χ2n) is 5.36. The largest absolute Gasteiger partial charge is 0.481 e. The molecule has 20 heavy (non-hydrogen) atoms. The molecule has 0 saturated heterocycles. The van der Waals surface area contributed by atoms with Gasteiger partial charge in [0.1, 0.15) is 5.82 Å². The van der Waals surface area contributed by atoms with Crippen molar-refractivity contribution in [2.45, 2.75) is 26.2 Å². The number of aliphatic carboxylic acids is 1. The zero-order valence-corrected chi connectivity index (χ0v) is 11.4. The fraction of sp³-hybridized carbons (Fsp3) is 0.467. The average Bonchev–Trinajstić information content (AvgIpc) is 2.83. The van der Waals surface area contributed by atoms with Crippen LogP contribution < -0.4 is 5.32 Å². The highest BCUT2D eigenvalue weighted by Crippen LogP contribution is 2.31. The Morgan fingerprint density at radius 1 is 1.35 bits per heavy atom. The Morgan fingerprint density at radius 2 is 2.10 bits per heavy atom. The van der Waals surface area contributed by atoms with Crippen molar-refractivity contribution in [1.29, 1.82) is 0 Å². The molecule has 0 radical (unpaired) electrons. The van der Waals surface area contributed by atoms with Crippen LogP contribution in [0.25, 0.3) is 0 Å². The van der Waals surface area contributed by atoms with Gasteiger partial charge in [0.2, 0.25) is 0 Å². The van der Waals surface area contributed by atoms with Crippen LogP contribution in [0.3, 0.4) is 0 Å². The first-order chi connectivity index (χ1) is 9.47. The number of halogens is 1. The lowest BCUT2D eigenvalue weighted by molar-refractivity contribution is -0.142. The van der Waals surface area contributed by atoms with E-state index in [0.29, 0.717) is 18.5 Å². The zero-order chi connectivity index (χ0) is 14.7. The van der Waals surface area contributed by atoms with E-state index in [9.17, 15) is 14.0 Å². The van der Waals surface area contributed by atoms with E-state index in [0.717, 1.165) is 12.8 Å². The predicted molar refractivity (Wildman–Crippen MR) is 71.9 cm³/mol. The van der Waals surface area contributed by atoms with Gasteiger partial charge >= 0.3 is 5.97 Å². The molecule has 1 saturated carbocycles. The van der Waals surface area contributed by atoms with Gasteiger partial charge in [-0.1, -0.05) is 6.42 Å². The third-order valence-corrected chi connectivity index (χ3v) is 3.81. The van der Waals surface area contributed by atoms with E-state index >= 15 is 0 Å². The first-order valence-corrected chi connectivity index (χ1v) is 6.75. The van der Waals surface area contributed by atoms with E-state index in [1.165, 1.54) is 12.1 Å². The molecule has 1 aromatic carbocycles. The van der Waals surface area contributed by atoms with E-state index in [-0.39, 0.29) is 23.3 Å². The number of hydrogen-bond acceptors (Lipinski definition) is 2. The molecule has 2 N–H and O–H groups in total. The molecule has 0 bridgehead atoms. The van der Waals surface area contributed by atoms with Gasteiger partial charge in [-0.3, -0.25) is 9.59 Å². The van der Waals surface area contributed by atoms with Gasteiger partial charge in [0.25, 0.3) is 5.91 Å². The molecule has 1 aliphatic carbocycles. The first kappa shape index (κ1) is 14.5. The molecule has 108 valence electrons. The van der Waals surface area contributed by atoms with Crippen LogP contribution in [0.5, 0.6) is 0 Å². The number of aryl methyl sites for hydroxylation is 1. The number of amides is 1. The van der Waals surface area contributed by atoms with Gasteiger partial charge in [0, 0.05) is 12.1 Å². The lowest BCUT2D eigenvalue weighted by atomic mass is 9.96. The van der Waals surface area contributed by atoms with Crippen molar-refractivity contribution in [2.24, 2.45) is 11.8 Å². The lowest BCUT2D eigenvalue weighted by Gasteiger charge is -2.16. The Bertz CT molecular complexity index is 510. The van der Waals surface area contributed by atoms with Crippen molar-refractivity contribution < 1.29 is 19.1 Å². The summed E-state index contributed by atoms with van der Waals surface area (Å²) in [5.41, 5.74) is 0.951. The zero-order valence-electron chi connectivity index (χ0n) is 11.4. The number of carboxylic acids is 1. The third-order valence-electron chi connectivity index (χ3n) is 3.81. The van der Waals surface area contributed by atoms with E-state index in [1.54, 1.807) is 13.0 Å². The minimum Gasteiger partial charge on any atom is -0.481 e. The van der Waals surface area contributed by atoms with E-state index in [1.807, 2.05) is 0 Å². The molecule has 5 heteroatoms. The normalized spacial score (nSPS) is 21.7. The van der Waals surface area contributed by atoms with Crippen molar-refractivity contribution in [3.05, 3.63) is 35.1 Å². The number of nitrogens with one attached hydrogen (secondary N) is 1. The van der Waals surface area contributed by atoms with Crippen LogP contribution in [-0.4, -0.2) is 23.5 Å². The summed E-state index contributed by atoms with van der Waals surface area (Å²) in [5.74, 6) is -2.03. The Balaban J connectivity index is 1.96. The summed E-state index contributed by atoms with van der Waals surface area (Å²) in [6.45, 7) is 2.04. The number of carboxylic acid groups (broad SMARTS) is 1. The van der Waals surface area contributed by atoms with Crippen molar-refractivity contribution in [1.82, 2.24) is 5.32 Å². The van der Waals surface area contributed by atoms with Crippen LogP contribution in [0.4, 0.5) is 4.39 Å². The third kappa shape index (κ3) is 3.35. The molecule has 1 amide bonds. The number of benzene rings is 1. The molecule has 2 rings (SSSR count). The highest BCUT2D eigenvalue weighted by atomic mass is 19.1. The lowest BCUT2D eigenvalue weighted by Crippen LogP contribution is -2.33. The molecule has 1 aromatic rings.